The van der Waals surface area contributed by atoms with Gasteiger partial charge in [0.05, 0.1) is 6.54 Å². The highest BCUT2D eigenvalue weighted by atomic mass is 32.1. The van der Waals surface area contributed by atoms with Gasteiger partial charge in [0.25, 0.3) is 0 Å². The zero-order chi connectivity index (χ0) is 15.1. The molecule has 1 aliphatic rings. The Bertz CT molecular complexity index is 464. The van der Waals surface area contributed by atoms with E-state index < -0.39 is 0 Å². The Labute approximate surface area is 128 Å². The highest BCUT2D eigenvalue weighted by Gasteiger charge is 2.28. The van der Waals surface area contributed by atoms with Crippen LogP contribution in [0, 0.1) is 0 Å². The Balaban J connectivity index is 1.76. The minimum absolute atomic E-state index is 0.0256. The molecule has 1 fully saturated rings. The van der Waals surface area contributed by atoms with E-state index in [0.717, 1.165) is 13.0 Å². The molecule has 1 saturated heterocycles. The second-order valence-corrected chi connectivity index (χ2v) is 6.02. The topological polar surface area (TPSA) is 73.5 Å². The first-order valence-electron chi connectivity index (χ1n) is 7.16. The van der Waals surface area contributed by atoms with Gasteiger partial charge in [-0.2, -0.15) is 0 Å². The van der Waals surface area contributed by atoms with Crippen molar-refractivity contribution in [2.75, 3.05) is 39.8 Å². The van der Waals surface area contributed by atoms with Gasteiger partial charge in [-0.1, -0.05) is 6.07 Å². The Morgan fingerprint density at radius 2 is 2.38 bits per heavy atom. The highest BCUT2D eigenvalue weighted by molar-refractivity contribution is 7.09. The molecule has 0 radical (unpaired) electrons. The van der Waals surface area contributed by atoms with E-state index in [1.54, 1.807) is 18.4 Å². The summed E-state index contributed by atoms with van der Waals surface area (Å²) in [5.74, 6) is -0.0732. The first-order valence-corrected chi connectivity index (χ1v) is 8.04. The third kappa shape index (κ3) is 4.80. The number of nitrogens with zero attached hydrogens (tertiary/aromatic N) is 1. The van der Waals surface area contributed by atoms with Crippen LogP contribution in [0.4, 0.5) is 0 Å². The quantitative estimate of drug-likeness (QED) is 0.658. The van der Waals surface area contributed by atoms with Gasteiger partial charge in [0.1, 0.15) is 6.04 Å². The number of hydrogen-bond acceptors (Lipinski definition) is 5. The van der Waals surface area contributed by atoms with Crippen LogP contribution in [0.1, 0.15) is 4.88 Å². The van der Waals surface area contributed by atoms with Crippen LogP contribution < -0.4 is 16.0 Å². The van der Waals surface area contributed by atoms with E-state index in [0.29, 0.717) is 19.6 Å². The number of hydrogen-bond donors (Lipinski definition) is 3. The molecule has 1 aromatic heterocycles. The summed E-state index contributed by atoms with van der Waals surface area (Å²) in [6.45, 7) is 2.99. The molecule has 3 N–H and O–H groups in total. The molecule has 1 aromatic rings. The molecule has 0 spiro atoms. The van der Waals surface area contributed by atoms with Crippen molar-refractivity contribution in [2.45, 2.75) is 12.5 Å². The summed E-state index contributed by atoms with van der Waals surface area (Å²) < 4.78 is 0. The summed E-state index contributed by atoms with van der Waals surface area (Å²) in [4.78, 5) is 27.0. The van der Waals surface area contributed by atoms with E-state index in [9.17, 15) is 9.59 Å². The normalized spacial score (nSPS) is 19.2. The summed E-state index contributed by atoms with van der Waals surface area (Å²) in [5, 5.41) is 10.8. The number of thiophene rings is 1. The van der Waals surface area contributed by atoms with Gasteiger partial charge in [-0.15, -0.1) is 11.3 Å². The van der Waals surface area contributed by atoms with Crippen molar-refractivity contribution >= 4 is 23.2 Å². The van der Waals surface area contributed by atoms with Crippen molar-refractivity contribution in [3.63, 3.8) is 0 Å². The molecular weight excluding hydrogens is 288 g/mol. The average Bonchev–Trinajstić information content (AvgIpc) is 3.00. The van der Waals surface area contributed by atoms with E-state index >= 15 is 0 Å². The van der Waals surface area contributed by atoms with E-state index in [2.05, 4.69) is 22.0 Å². The molecule has 2 heterocycles. The number of piperazine rings is 1. The third-order valence-electron chi connectivity index (χ3n) is 3.52. The van der Waals surface area contributed by atoms with E-state index in [1.165, 1.54) is 4.88 Å². The second-order valence-electron chi connectivity index (χ2n) is 4.98. The standard InChI is InChI=1S/C14H22N4O2S/c1-15-14(20)12-9-16-6-7-18(12)10-13(19)17-5-4-11-3-2-8-21-11/h2-3,8,12,16H,4-7,9-10H2,1H3,(H,15,20)(H,17,19). The number of amides is 2. The molecule has 21 heavy (non-hydrogen) atoms. The molecule has 2 amide bonds. The lowest BCUT2D eigenvalue weighted by Crippen LogP contribution is -2.59. The molecule has 0 aliphatic carbocycles. The molecular formula is C14H22N4O2S. The average molecular weight is 310 g/mol. The van der Waals surface area contributed by atoms with Gasteiger partial charge in [0.15, 0.2) is 0 Å². The van der Waals surface area contributed by atoms with Crippen molar-refractivity contribution in [3.8, 4) is 0 Å². The maximum atomic E-state index is 12.0. The lowest BCUT2D eigenvalue weighted by atomic mass is 10.1. The van der Waals surface area contributed by atoms with Gasteiger partial charge in [-0.3, -0.25) is 14.5 Å². The monoisotopic (exact) mass is 310 g/mol. The fraction of sp³-hybridized carbons (Fsp3) is 0.571. The Morgan fingerprint density at radius 1 is 1.52 bits per heavy atom. The zero-order valence-corrected chi connectivity index (χ0v) is 13.0. The van der Waals surface area contributed by atoms with Crippen LogP contribution in [-0.2, 0) is 16.0 Å². The predicted octanol–water partition coefficient (Wildman–Crippen LogP) is -0.573. The minimum atomic E-state index is -0.271. The van der Waals surface area contributed by atoms with E-state index in [4.69, 9.17) is 0 Å². The summed E-state index contributed by atoms with van der Waals surface area (Å²) in [5.41, 5.74) is 0. The van der Waals surface area contributed by atoms with Crippen LogP contribution in [0.3, 0.4) is 0 Å². The van der Waals surface area contributed by atoms with Crippen LogP contribution in [-0.4, -0.2) is 62.5 Å². The molecule has 0 aromatic carbocycles. The third-order valence-corrected chi connectivity index (χ3v) is 4.46. The molecule has 0 bridgehead atoms. The summed E-state index contributed by atoms with van der Waals surface area (Å²) in [6, 6.07) is 3.80. The SMILES string of the molecule is CNC(=O)C1CNCCN1CC(=O)NCCc1cccs1. The van der Waals surface area contributed by atoms with Gasteiger partial charge in [0.2, 0.25) is 11.8 Å². The van der Waals surface area contributed by atoms with Crippen molar-refractivity contribution in [2.24, 2.45) is 0 Å². The molecule has 1 aliphatic heterocycles. The Kier molecular flexibility index (Phi) is 6.16. The van der Waals surface area contributed by atoms with Gasteiger partial charge < -0.3 is 16.0 Å². The maximum Gasteiger partial charge on any atom is 0.238 e. The van der Waals surface area contributed by atoms with Crippen LogP contribution in [0.2, 0.25) is 0 Å². The Hall–Kier alpha value is -1.44. The van der Waals surface area contributed by atoms with Crippen LogP contribution >= 0.6 is 11.3 Å². The largest absolute Gasteiger partial charge is 0.358 e. The van der Waals surface area contributed by atoms with E-state index in [-0.39, 0.29) is 24.4 Å². The molecule has 7 heteroatoms. The number of likely N-dealkylation sites (N-methyl/N-ethyl adjacent to an activating group) is 1. The minimum Gasteiger partial charge on any atom is -0.358 e. The Morgan fingerprint density at radius 3 is 3.10 bits per heavy atom. The zero-order valence-electron chi connectivity index (χ0n) is 12.2. The number of carbonyl (C=O) groups excluding carboxylic acids is 2. The first-order chi connectivity index (χ1) is 10.2. The summed E-state index contributed by atoms with van der Waals surface area (Å²) >= 11 is 1.69. The van der Waals surface area contributed by atoms with Gasteiger partial charge in [-0.25, -0.2) is 0 Å². The lowest BCUT2D eigenvalue weighted by Gasteiger charge is -2.34. The number of carbonyl (C=O) groups is 2. The molecule has 1 unspecified atom stereocenters. The fourth-order valence-electron chi connectivity index (χ4n) is 2.38. The molecule has 0 saturated carbocycles. The van der Waals surface area contributed by atoms with Gasteiger partial charge in [0, 0.05) is 38.1 Å². The molecule has 1 atom stereocenters. The first kappa shape index (κ1) is 15.9. The fourth-order valence-corrected chi connectivity index (χ4v) is 3.09. The smallest absolute Gasteiger partial charge is 0.238 e. The molecule has 2 rings (SSSR count). The molecule has 116 valence electrons. The number of nitrogens with one attached hydrogen (secondary N) is 3. The van der Waals surface area contributed by atoms with Crippen LogP contribution in [0.5, 0.6) is 0 Å². The van der Waals surface area contributed by atoms with Crippen molar-refractivity contribution in [3.05, 3.63) is 22.4 Å². The molecule has 6 nitrogen and oxygen atoms in total. The van der Waals surface area contributed by atoms with Crippen molar-refractivity contribution in [1.82, 2.24) is 20.9 Å². The number of rotatable bonds is 6. The maximum absolute atomic E-state index is 12.0. The summed E-state index contributed by atoms with van der Waals surface area (Å²) in [6.07, 6.45) is 0.851. The van der Waals surface area contributed by atoms with Gasteiger partial charge in [-0.05, 0) is 17.9 Å². The van der Waals surface area contributed by atoms with Crippen LogP contribution in [0.25, 0.3) is 0 Å². The van der Waals surface area contributed by atoms with Crippen molar-refractivity contribution < 1.29 is 9.59 Å². The van der Waals surface area contributed by atoms with Crippen molar-refractivity contribution in [1.29, 1.82) is 0 Å². The lowest BCUT2D eigenvalue weighted by molar-refractivity contribution is -0.129. The van der Waals surface area contributed by atoms with Crippen LogP contribution in [0.15, 0.2) is 17.5 Å². The second kappa shape index (κ2) is 8.11. The summed E-state index contributed by atoms with van der Waals surface area (Å²) in [7, 11) is 1.62. The highest BCUT2D eigenvalue weighted by Crippen LogP contribution is 2.08. The van der Waals surface area contributed by atoms with E-state index in [1.807, 2.05) is 16.3 Å². The van der Waals surface area contributed by atoms with Gasteiger partial charge >= 0.3 is 0 Å². The predicted molar refractivity (Wildman–Crippen MR) is 83.3 cm³/mol.